The van der Waals surface area contributed by atoms with Gasteiger partial charge in [0.15, 0.2) is 0 Å². The van der Waals surface area contributed by atoms with Crippen LogP contribution in [0.25, 0.3) is 5.57 Å². The Morgan fingerprint density at radius 3 is 2.50 bits per heavy atom. The number of rotatable bonds is 2. The smallest absolute Gasteiger partial charge is 0.0746 e. The van der Waals surface area contributed by atoms with Gasteiger partial charge in [0.05, 0.1) is 11.7 Å². The SMILES string of the molecule is CC1CC(c2ccccc2)=CC=C1C1NNc2ccccc21. The second-order valence-corrected chi connectivity index (χ2v) is 6.12. The molecule has 0 amide bonds. The molecule has 0 saturated heterocycles. The number of benzene rings is 2. The summed E-state index contributed by atoms with van der Waals surface area (Å²) in [6, 6.07) is 19.5. The zero-order valence-corrected chi connectivity index (χ0v) is 12.7. The molecule has 2 aromatic rings. The first kappa shape index (κ1) is 13.4. The Bertz CT molecular complexity index is 743. The van der Waals surface area contributed by atoms with E-state index in [2.05, 4.69) is 84.5 Å². The van der Waals surface area contributed by atoms with Gasteiger partial charge in [0.25, 0.3) is 0 Å². The van der Waals surface area contributed by atoms with Crippen LogP contribution >= 0.6 is 0 Å². The fraction of sp³-hybridized carbons (Fsp3) is 0.200. The Balaban J connectivity index is 1.67. The first-order valence-corrected chi connectivity index (χ1v) is 7.89. The van der Waals surface area contributed by atoms with Crippen LogP contribution in [0.2, 0.25) is 0 Å². The first-order chi connectivity index (χ1) is 10.8. The highest BCUT2D eigenvalue weighted by Gasteiger charge is 2.29. The number of fused-ring (bicyclic) bond motifs is 1. The van der Waals surface area contributed by atoms with Gasteiger partial charge in [-0.25, -0.2) is 5.43 Å². The van der Waals surface area contributed by atoms with Crippen molar-refractivity contribution in [2.75, 3.05) is 5.43 Å². The summed E-state index contributed by atoms with van der Waals surface area (Å²) in [7, 11) is 0. The highest BCUT2D eigenvalue weighted by atomic mass is 15.4. The van der Waals surface area contributed by atoms with Gasteiger partial charge in [0.1, 0.15) is 0 Å². The number of hydrogen-bond donors (Lipinski definition) is 2. The van der Waals surface area contributed by atoms with E-state index < -0.39 is 0 Å². The van der Waals surface area contributed by atoms with Gasteiger partial charge < -0.3 is 5.43 Å². The molecule has 4 rings (SSSR count). The molecule has 22 heavy (non-hydrogen) atoms. The molecule has 2 aliphatic rings. The monoisotopic (exact) mass is 288 g/mol. The molecule has 2 unspecified atom stereocenters. The summed E-state index contributed by atoms with van der Waals surface area (Å²) in [6.07, 6.45) is 5.68. The van der Waals surface area contributed by atoms with E-state index in [0.717, 1.165) is 6.42 Å². The van der Waals surface area contributed by atoms with Crippen LogP contribution in [0.5, 0.6) is 0 Å². The fourth-order valence-corrected chi connectivity index (χ4v) is 3.48. The quantitative estimate of drug-likeness (QED) is 0.836. The van der Waals surface area contributed by atoms with Crippen molar-refractivity contribution in [3.63, 3.8) is 0 Å². The molecule has 0 aromatic heterocycles. The van der Waals surface area contributed by atoms with E-state index in [9.17, 15) is 0 Å². The molecule has 2 heteroatoms. The third-order valence-corrected chi connectivity index (χ3v) is 4.67. The average Bonchev–Trinajstić information content (AvgIpc) is 2.99. The van der Waals surface area contributed by atoms with Crippen LogP contribution in [-0.2, 0) is 0 Å². The van der Waals surface area contributed by atoms with E-state index in [1.54, 1.807) is 0 Å². The van der Waals surface area contributed by atoms with Crippen molar-refractivity contribution < 1.29 is 0 Å². The minimum absolute atomic E-state index is 0.278. The molecular formula is C20H20N2. The maximum absolute atomic E-state index is 3.43. The maximum atomic E-state index is 3.43. The van der Waals surface area contributed by atoms with Crippen molar-refractivity contribution >= 4 is 11.3 Å². The van der Waals surface area contributed by atoms with Crippen molar-refractivity contribution in [1.29, 1.82) is 0 Å². The fourth-order valence-electron chi connectivity index (χ4n) is 3.48. The number of allylic oxidation sites excluding steroid dienone is 3. The van der Waals surface area contributed by atoms with Crippen molar-refractivity contribution in [2.45, 2.75) is 19.4 Å². The van der Waals surface area contributed by atoms with E-state index in [-0.39, 0.29) is 6.04 Å². The number of nitrogens with one attached hydrogen (secondary N) is 2. The summed E-state index contributed by atoms with van der Waals surface area (Å²) in [6.45, 7) is 2.32. The molecule has 2 aromatic carbocycles. The molecular weight excluding hydrogens is 268 g/mol. The molecule has 2 N–H and O–H groups in total. The lowest BCUT2D eigenvalue weighted by molar-refractivity contribution is 0.582. The van der Waals surface area contributed by atoms with Crippen molar-refractivity contribution in [2.24, 2.45) is 5.92 Å². The maximum Gasteiger partial charge on any atom is 0.0746 e. The summed E-state index contributed by atoms with van der Waals surface area (Å²) in [5, 5.41) is 0. The second-order valence-electron chi connectivity index (χ2n) is 6.12. The molecule has 1 aliphatic carbocycles. The predicted molar refractivity (Wildman–Crippen MR) is 92.2 cm³/mol. The highest BCUT2D eigenvalue weighted by Crippen LogP contribution is 2.41. The van der Waals surface area contributed by atoms with Crippen LogP contribution < -0.4 is 10.9 Å². The lowest BCUT2D eigenvalue weighted by Crippen LogP contribution is -2.24. The number of para-hydroxylation sites is 1. The van der Waals surface area contributed by atoms with Gasteiger partial charge in [0.2, 0.25) is 0 Å². The zero-order chi connectivity index (χ0) is 14.9. The number of hydrazine groups is 1. The predicted octanol–water partition coefficient (Wildman–Crippen LogP) is 4.71. The Labute approximate surface area is 131 Å². The van der Waals surface area contributed by atoms with E-state index in [0.29, 0.717) is 5.92 Å². The average molecular weight is 288 g/mol. The molecule has 0 saturated carbocycles. The van der Waals surface area contributed by atoms with Gasteiger partial charge in [-0.15, -0.1) is 0 Å². The third-order valence-electron chi connectivity index (χ3n) is 4.67. The summed E-state index contributed by atoms with van der Waals surface area (Å²) < 4.78 is 0. The number of hydrogen-bond acceptors (Lipinski definition) is 2. The van der Waals surface area contributed by atoms with Crippen molar-refractivity contribution in [3.8, 4) is 0 Å². The summed E-state index contributed by atoms with van der Waals surface area (Å²) >= 11 is 0. The lowest BCUT2D eigenvalue weighted by Gasteiger charge is -2.26. The molecule has 0 fully saturated rings. The largest absolute Gasteiger partial charge is 0.320 e. The molecule has 0 bridgehead atoms. The van der Waals surface area contributed by atoms with Gasteiger partial charge >= 0.3 is 0 Å². The van der Waals surface area contributed by atoms with Gasteiger partial charge in [-0.2, -0.15) is 0 Å². The van der Waals surface area contributed by atoms with Crippen molar-refractivity contribution in [3.05, 3.63) is 83.4 Å². The molecule has 2 nitrogen and oxygen atoms in total. The molecule has 0 spiro atoms. The summed E-state index contributed by atoms with van der Waals surface area (Å²) in [5.41, 5.74) is 13.5. The van der Waals surface area contributed by atoms with Crippen LogP contribution in [0.4, 0.5) is 5.69 Å². The van der Waals surface area contributed by atoms with Gasteiger partial charge in [0, 0.05) is 0 Å². The van der Waals surface area contributed by atoms with E-state index >= 15 is 0 Å². The van der Waals surface area contributed by atoms with Gasteiger partial charge in [-0.05, 0) is 40.7 Å². The minimum Gasteiger partial charge on any atom is -0.320 e. The van der Waals surface area contributed by atoms with Gasteiger partial charge in [-0.3, -0.25) is 0 Å². The Hall–Kier alpha value is -2.32. The Morgan fingerprint density at radius 2 is 1.68 bits per heavy atom. The molecule has 110 valence electrons. The van der Waals surface area contributed by atoms with Crippen molar-refractivity contribution in [1.82, 2.24) is 5.43 Å². The Kier molecular flexibility index (Phi) is 3.32. The molecule has 1 aliphatic heterocycles. The topological polar surface area (TPSA) is 24.1 Å². The normalized spacial score (nSPS) is 23.3. The van der Waals surface area contributed by atoms with E-state index in [4.69, 9.17) is 0 Å². The second kappa shape index (κ2) is 5.47. The molecule has 2 atom stereocenters. The minimum atomic E-state index is 0.278. The van der Waals surface area contributed by atoms with Crippen LogP contribution in [0.15, 0.2) is 72.3 Å². The van der Waals surface area contributed by atoms with Gasteiger partial charge in [-0.1, -0.05) is 67.6 Å². The van der Waals surface area contributed by atoms with E-state index in [1.165, 1.54) is 28.0 Å². The third kappa shape index (κ3) is 2.26. The zero-order valence-electron chi connectivity index (χ0n) is 12.7. The van der Waals surface area contributed by atoms with Crippen LogP contribution in [0.1, 0.15) is 30.5 Å². The first-order valence-electron chi connectivity index (χ1n) is 7.89. The van der Waals surface area contributed by atoms with Crippen LogP contribution in [-0.4, -0.2) is 0 Å². The van der Waals surface area contributed by atoms with E-state index in [1.807, 2.05) is 0 Å². The highest BCUT2D eigenvalue weighted by molar-refractivity contribution is 5.70. The Morgan fingerprint density at radius 1 is 0.909 bits per heavy atom. The standard InChI is InChI=1S/C20H20N2/c1-14-13-16(15-7-3-2-4-8-15)11-12-17(14)20-18-9-5-6-10-19(18)21-22-20/h2-12,14,20-22H,13H2,1H3. The lowest BCUT2D eigenvalue weighted by atomic mass is 9.81. The molecule has 1 heterocycles. The number of anilines is 1. The summed E-state index contributed by atoms with van der Waals surface area (Å²) in [4.78, 5) is 0. The molecule has 0 radical (unpaired) electrons. The van der Waals surface area contributed by atoms with Crippen LogP contribution in [0, 0.1) is 5.92 Å². The summed E-state index contributed by atoms with van der Waals surface area (Å²) in [5.74, 6) is 0.533. The van der Waals surface area contributed by atoms with Crippen LogP contribution in [0.3, 0.4) is 0 Å².